The van der Waals surface area contributed by atoms with E-state index in [1.165, 1.54) is 30.6 Å². The number of hydrogen-bond donors (Lipinski definition) is 1. The molecule has 4 nitrogen and oxygen atoms in total. The number of nitrogens with one attached hydrogen (secondary N) is 1. The Morgan fingerprint density at radius 3 is 2.65 bits per heavy atom. The molecule has 180 valence electrons. The molecule has 1 aliphatic heterocycles. The van der Waals surface area contributed by atoms with E-state index in [1.807, 2.05) is 6.92 Å². The molecule has 0 spiro atoms. The molecule has 2 aromatic heterocycles. The van der Waals surface area contributed by atoms with E-state index in [1.54, 1.807) is 17.0 Å². The van der Waals surface area contributed by atoms with Gasteiger partial charge in [0.1, 0.15) is 5.82 Å². The van der Waals surface area contributed by atoms with Crippen molar-refractivity contribution in [2.45, 2.75) is 57.9 Å². The summed E-state index contributed by atoms with van der Waals surface area (Å²) < 4.78 is 45.7. The van der Waals surface area contributed by atoms with Crippen LogP contribution in [0.4, 0.5) is 30.5 Å². The van der Waals surface area contributed by atoms with Gasteiger partial charge in [-0.05, 0) is 36.6 Å². The van der Waals surface area contributed by atoms with Crippen molar-refractivity contribution in [3.8, 4) is 0 Å². The highest BCUT2D eigenvalue weighted by Gasteiger charge is 2.38. The van der Waals surface area contributed by atoms with Crippen LogP contribution in [-0.4, -0.2) is 22.6 Å². The van der Waals surface area contributed by atoms with Crippen LogP contribution in [0.2, 0.25) is 5.02 Å². The monoisotopic (exact) mass is 488 g/mol. The van der Waals surface area contributed by atoms with Crippen LogP contribution in [0.1, 0.15) is 63.0 Å². The molecule has 8 heteroatoms. The molecule has 34 heavy (non-hydrogen) atoms. The standard InChI is InChI=1S/C26H28ClF3N4/c1-3-5-6-9-16(4-2)33-25-24(30)22-18(17-10-7-11-19(27)23(17)29)15-34(21(22)14-32-25)26-20(28)12-8-13-31-26/h7-8,10-14,16,18H,3-6,9,15H2,1-2H3,(H,32,33). The smallest absolute Gasteiger partial charge is 0.171 e. The van der Waals surface area contributed by atoms with Crippen LogP contribution in [-0.2, 0) is 0 Å². The Bertz CT molecular complexity index is 1160. The third-order valence-electron chi connectivity index (χ3n) is 6.38. The van der Waals surface area contributed by atoms with Crippen LogP contribution in [0.5, 0.6) is 0 Å². The van der Waals surface area contributed by atoms with E-state index in [9.17, 15) is 4.39 Å². The zero-order valence-electron chi connectivity index (χ0n) is 19.3. The number of aromatic nitrogens is 2. The largest absolute Gasteiger partial charge is 0.365 e. The number of halogens is 4. The molecule has 3 heterocycles. The third-order valence-corrected chi connectivity index (χ3v) is 6.67. The average molecular weight is 489 g/mol. The normalized spacial score (nSPS) is 15.9. The molecule has 3 aromatic rings. The van der Waals surface area contributed by atoms with Gasteiger partial charge in [-0.15, -0.1) is 0 Å². The highest BCUT2D eigenvalue weighted by Crippen LogP contribution is 2.47. The Kier molecular flexibility index (Phi) is 7.61. The predicted molar refractivity (Wildman–Crippen MR) is 130 cm³/mol. The molecule has 0 radical (unpaired) electrons. The fourth-order valence-electron chi connectivity index (χ4n) is 4.54. The molecule has 1 aromatic carbocycles. The van der Waals surface area contributed by atoms with Gasteiger partial charge in [0.2, 0.25) is 0 Å². The van der Waals surface area contributed by atoms with Gasteiger partial charge < -0.3 is 10.2 Å². The molecule has 2 atom stereocenters. The van der Waals surface area contributed by atoms with E-state index in [0.29, 0.717) is 5.69 Å². The molecule has 0 bridgehead atoms. The summed E-state index contributed by atoms with van der Waals surface area (Å²) in [5, 5.41) is 3.19. The highest BCUT2D eigenvalue weighted by atomic mass is 35.5. The number of anilines is 3. The zero-order chi connectivity index (χ0) is 24.2. The van der Waals surface area contributed by atoms with Crippen LogP contribution in [0.3, 0.4) is 0 Å². The molecule has 4 rings (SSSR count). The van der Waals surface area contributed by atoms with Gasteiger partial charge in [0.25, 0.3) is 0 Å². The molecule has 0 saturated carbocycles. The lowest BCUT2D eigenvalue weighted by atomic mass is 9.92. The lowest BCUT2D eigenvalue weighted by Gasteiger charge is -2.20. The minimum Gasteiger partial charge on any atom is -0.365 e. The molecule has 0 aliphatic carbocycles. The Labute approximate surface area is 203 Å². The lowest BCUT2D eigenvalue weighted by Crippen LogP contribution is -2.20. The van der Waals surface area contributed by atoms with E-state index in [4.69, 9.17) is 11.6 Å². The van der Waals surface area contributed by atoms with Crippen molar-refractivity contribution in [2.75, 3.05) is 16.8 Å². The SMILES string of the molecule is CCCCCC(CC)Nc1ncc2c(c1F)C(c1cccc(Cl)c1F)CN2c1ncccc1F. The second kappa shape index (κ2) is 10.6. The van der Waals surface area contributed by atoms with Gasteiger partial charge in [-0.2, -0.15) is 0 Å². The van der Waals surface area contributed by atoms with Gasteiger partial charge in [0.15, 0.2) is 23.3 Å². The first-order valence-electron chi connectivity index (χ1n) is 11.7. The Balaban J connectivity index is 1.78. The van der Waals surface area contributed by atoms with Gasteiger partial charge in [-0.1, -0.05) is 56.8 Å². The summed E-state index contributed by atoms with van der Waals surface area (Å²) in [5.74, 6) is -2.27. The second-order valence-electron chi connectivity index (χ2n) is 8.58. The maximum absolute atomic E-state index is 16.0. The van der Waals surface area contributed by atoms with E-state index in [-0.39, 0.29) is 40.4 Å². The summed E-state index contributed by atoms with van der Waals surface area (Å²) in [6.07, 6.45) is 7.95. The number of pyridine rings is 2. The summed E-state index contributed by atoms with van der Waals surface area (Å²) in [7, 11) is 0. The van der Waals surface area contributed by atoms with Crippen LogP contribution >= 0.6 is 11.6 Å². The minimum atomic E-state index is -0.709. The number of hydrogen-bond acceptors (Lipinski definition) is 4. The first kappa shape index (κ1) is 24.3. The quantitative estimate of drug-likeness (QED) is 0.315. The van der Waals surface area contributed by atoms with Crippen LogP contribution in [0, 0.1) is 17.5 Å². The first-order valence-corrected chi connectivity index (χ1v) is 12.1. The maximum atomic E-state index is 16.0. The topological polar surface area (TPSA) is 41.1 Å². The van der Waals surface area contributed by atoms with Gasteiger partial charge in [0, 0.05) is 30.3 Å². The van der Waals surface area contributed by atoms with E-state index in [2.05, 4.69) is 22.2 Å². The predicted octanol–water partition coefficient (Wildman–Crippen LogP) is 7.60. The second-order valence-corrected chi connectivity index (χ2v) is 8.99. The first-order chi connectivity index (χ1) is 16.5. The number of fused-ring (bicyclic) bond motifs is 1. The molecule has 0 fully saturated rings. The molecule has 1 N–H and O–H groups in total. The zero-order valence-corrected chi connectivity index (χ0v) is 20.0. The van der Waals surface area contributed by atoms with E-state index < -0.39 is 23.4 Å². The average Bonchev–Trinajstić information content (AvgIpc) is 3.22. The van der Waals surface area contributed by atoms with Crippen molar-refractivity contribution in [3.05, 3.63) is 76.3 Å². The van der Waals surface area contributed by atoms with Crippen molar-refractivity contribution in [3.63, 3.8) is 0 Å². The fraction of sp³-hybridized carbons (Fsp3) is 0.385. The van der Waals surface area contributed by atoms with Gasteiger partial charge >= 0.3 is 0 Å². The molecule has 2 unspecified atom stereocenters. The highest BCUT2D eigenvalue weighted by molar-refractivity contribution is 6.30. The van der Waals surface area contributed by atoms with Crippen molar-refractivity contribution < 1.29 is 13.2 Å². The fourth-order valence-corrected chi connectivity index (χ4v) is 4.73. The van der Waals surface area contributed by atoms with Crippen molar-refractivity contribution in [1.29, 1.82) is 0 Å². The third kappa shape index (κ3) is 4.71. The molecular formula is C26H28ClF3N4. The summed E-state index contributed by atoms with van der Waals surface area (Å²) >= 11 is 6.04. The van der Waals surface area contributed by atoms with Crippen LogP contribution in [0.25, 0.3) is 0 Å². The van der Waals surface area contributed by atoms with Crippen molar-refractivity contribution in [2.24, 2.45) is 0 Å². The number of benzene rings is 1. The molecule has 1 aliphatic rings. The van der Waals surface area contributed by atoms with E-state index >= 15 is 8.78 Å². The van der Waals surface area contributed by atoms with E-state index in [0.717, 1.165) is 32.1 Å². The van der Waals surface area contributed by atoms with Crippen LogP contribution in [0.15, 0.2) is 42.7 Å². The summed E-state index contributed by atoms with van der Waals surface area (Å²) in [5.41, 5.74) is 0.870. The summed E-state index contributed by atoms with van der Waals surface area (Å²) in [6.45, 7) is 4.29. The van der Waals surface area contributed by atoms with Crippen molar-refractivity contribution in [1.82, 2.24) is 9.97 Å². The van der Waals surface area contributed by atoms with Gasteiger partial charge in [0.05, 0.1) is 16.9 Å². The molecule has 0 saturated heterocycles. The van der Waals surface area contributed by atoms with Crippen molar-refractivity contribution >= 4 is 28.9 Å². The summed E-state index contributed by atoms with van der Waals surface area (Å²) in [6, 6.07) is 7.50. The minimum absolute atomic E-state index is 0.0431. The van der Waals surface area contributed by atoms with Crippen LogP contribution < -0.4 is 10.2 Å². The maximum Gasteiger partial charge on any atom is 0.171 e. The number of rotatable bonds is 9. The number of unbranched alkanes of at least 4 members (excludes halogenated alkanes) is 2. The van der Waals surface area contributed by atoms with Gasteiger partial charge in [-0.25, -0.2) is 23.1 Å². The Morgan fingerprint density at radius 1 is 1.09 bits per heavy atom. The molecular weight excluding hydrogens is 461 g/mol. The molecule has 0 amide bonds. The number of nitrogens with zero attached hydrogens (tertiary/aromatic N) is 3. The van der Waals surface area contributed by atoms with Gasteiger partial charge in [-0.3, -0.25) is 0 Å². The Morgan fingerprint density at radius 2 is 1.91 bits per heavy atom. The Hall–Kier alpha value is -2.80. The summed E-state index contributed by atoms with van der Waals surface area (Å²) in [4.78, 5) is 10.0. The lowest BCUT2D eigenvalue weighted by molar-refractivity contribution is 0.556.